The number of aromatic nitrogens is 1. The molecule has 1 fully saturated rings. The Balaban J connectivity index is 1.54. The molecule has 7 nitrogen and oxygen atoms in total. The van der Waals surface area contributed by atoms with E-state index in [0.29, 0.717) is 36.5 Å². The summed E-state index contributed by atoms with van der Waals surface area (Å²) in [4.78, 5) is 25.2. The van der Waals surface area contributed by atoms with Crippen LogP contribution in [0.2, 0.25) is 0 Å². The Labute approximate surface area is 194 Å². The number of carbonyl (C=O) groups excluding carboxylic acids is 1. The molecule has 4 rings (SSSR count). The highest BCUT2D eigenvalue weighted by Gasteiger charge is 2.28. The number of hydrogen-bond donors (Lipinski definition) is 1. The quantitative estimate of drug-likeness (QED) is 0.604. The molecular formula is C25H29N3O4S. The standard InChI is InChI=1S/C25H29N3O4S/c1-18-3-5-20(6-4-18)16-26-24(29)17-28-23-9-8-22(15-21(23)7-10-25(28)30)33(31,32)27-13-11-19(2)12-14-27/h3-10,15,19H,11-14,16-17H2,1-2H3,(H,26,29). The van der Waals surface area contributed by atoms with Gasteiger partial charge in [-0.05, 0) is 60.9 Å². The van der Waals surface area contributed by atoms with Crippen molar-refractivity contribution in [1.82, 2.24) is 14.2 Å². The topological polar surface area (TPSA) is 88.5 Å². The maximum absolute atomic E-state index is 13.1. The van der Waals surface area contributed by atoms with Crippen molar-refractivity contribution in [3.05, 3.63) is 76.1 Å². The van der Waals surface area contributed by atoms with Crippen molar-refractivity contribution >= 4 is 26.8 Å². The Morgan fingerprint density at radius 3 is 2.42 bits per heavy atom. The van der Waals surface area contributed by atoms with Gasteiger partial charge < -0.3 is 5.32 Å². The molecule has 174 valence electrons. The van der Waals surface area contributed by atoms with Gasteiger partial charge in [0, 0.05) is 25.7 Å². The number of piperidine rings is 1. The minimum atomic E-state index is -3.60. The lowest BCUT2D eigenvalue weighted by molar-refractivity contribution is -0.121. The third kappa shape index (κ3) is 5.17. The molecule has 3 aromatic rings. The van der Waals surface area contributed by atoms with E-state index in [1.54, 1.807) is 18.2 Å². The molecular weight excluding hydrogens is 438 g/mol. The van der Waals surface area contributed by atoms with Crippen LogP contribution in [0.4, 0.5) is 0 Å². The van der Waals surface area contributed by atoms with Crippen molar-refractivity contribution in [3.63, 3.8) is 0 Å². The molecule has 2 aromatic carbocycles. The highest BCUT2D eigenvalue weighted by molar-refractivity contribution is 7.89. The van der Waals surface area contributed by atoms with E-state index in [9.17, 15) is 18.0 Å². The predicted octanol–water partition coefficient (Wildman–Crippen LogP) is 3.05. The summed E-state index contributed by atoms with van der Waals surface area (Å²) in [6.45, 7) is 5.40. The lowest BCUT2D eigenvalue weighted by Gasteiger charge is -2.29. The number of nitrogens with one attached hydrogen (secondary N) is 1. The average Bonchev–Trinajstić information content (AvgIpc) is 2.80. The van der Waals surface area contributed by atoms with Crippen LogP contribution < -0.4 is 10.9 Å². The highest BCUT2D eigenvalue weighted by atomic mass is 32.2. The smallest absolute Gasteiger partial charge is 0.251 e. The van der Waals surface area contributed by atoms with Crippen LogP contribution in [-0.2, 0) is 27.9 Å². The lowest BCUT2D eigenvalue weighted by Crippen LogP contribution is -2.37. The molecule has 1 aliphatic rings. The fourth-order valence-electron chi connectivity index (χ4n) is 4.09. The summed E-state index contributed by atoms with van der Waals surface area (Å²) in [5.41, 5.74) is 2.33. The Kier molecular flexibility index (Phi) is 6.67. The number of benzene rings is 2. The third-order valence-electron chi connectivity index (χ3n) is 6.25. The second-order valence-corrected chi connectivity index (χ2v) is 10.8. The van der Waals surface area contributed by atoms with E-state index in [1.165, 1.54) is 21.0 Å². The zero-order valence-electron chi connectivity index (χ0n) is 19.0. The average molecular weight is 468 g/mol. The van der Waals surface area contributed by atoms with Crippen molar-refractivity contribution < 1.29 is 13.2 Å². The second kappa shape index (κ2) is 9.49. The van der Waals surface area contributed by atoms with E-state index in [4.69, 9.17) is 0 Å². The van der Waals surface area contributed by atoms with Crippen molar-refractivity contribution in [2.45, 2.75) is 44.7 Å². The molecule has 2 heterocycles. The van der Waals surface area contributed by atoms with E-state index < -0.39 is 10.0 Å². The first-order valence-electron chi connectivity index (χ1n) is 11.2. The largest absolute Gasteiger partial charge is 0.350 e. The zero-order chi connectivity index (χ0) is 23.6. The number of pyridine rings is 1. The summed E-state index contributed by atoms with van der Waals surface area (Å²) in [7, 11) is -3.60. The molecule has 1 aliphatic heterocycles. The molecule has 0 radical (unpaired) electrons. The van der Waals surface area contributed by atoms with E-state index >= 15 is 0 Å². The molecule has 0 saturated carbocycles. The molecule has 1 saturated heterocycles. The molecule has 33 heavy (non-hydrogen) atoms. The van der Waals surface area contributed by atoms with E-state index in [1.807, 2.05) is 31.2 Å². The SMILES string of the molecule is Cc1ccc(CNC(=O)Cn2c(=O)ccc3cc(S(=O)(=O)N4CCC(C)CC4)ccc32)cc1. The van der Waals surface area contributed by atoms with Gasteiger partial charge in [0.15, 0.2) is 0 Å². The summed E-state index contributed by atoms with van der Waals surface area (Å²) in [6.07, 6.45) is 1.70. The number of sulfonamides is 1. The first-order valence-corrected chi connectivity index (χ1v) is 12.6. The lowest BCUT2D eigenvalue weighted by atomic mass is 10.0. The van der Waals surface area contributed by atoms with E-state index in [0.717, 1.165) is 24.0 Å². The predicted molar refractivity (Wildman–Crippen MR) is 128 cm³/mol. The van der Waals surface area contributed by atoms with Gasteiger partial charge in [0.25, 0.3) is 5.56 Å². The molecule has 0 bridgehead atoms. The minimum absolute atomic E-state index is 0.141. The first-order chi connectivity index (χ1) is 15.7. The monoisotopic (exact) mass is 467 g/mol. The van der Waals surface area contributed by atoms with E-state index in [-0.39, 0.29) is 22.9 Å². The van der Waals surface area contributed by atoms with E-state index in [2.05, 4.69) is 12.2 Å². The number of rotatable bonds is 6. The number of aryl methyl sites for hydroxylation is 1. The van der Waals surface area contributed by atoms with Gasteiger partial charge in [-0.1, -0.05) is 36.8 Å². The van der Waals surface area contributed by atoms with Crippen LogP contribution in [0.1, 0.15) is 30.9 Å². The number of hydrogen-bond acceptors (Lipinski definition) is 4. The Morgan fingerprint density at radius 2 is 1.73 bits per heavy atom. The van der Waals surface area contributed by atoms with Gasteiger partial charge in [-0.15, -0.1) is 0 Å². The van der Waals surface area contributed by atoms with Gasteiger partial charge in [0.05, 0.1) is 10.4 Å². The molecule has 0 aliphatic carbocycles. The Morgan fingerprint density at radius 1 is 1.03 bits per heavy atom. The molecule has 1 N–H and O–H groups in total. The Hall–Kier alpha value is -2.97. The normalized spacial score (nSPS) is 15.6. The van der Waals surface area contributed by atoms with Crippen LogP contribution in [0.3, 0.4) is 0 Å². The summed E-state index contributed by atoms with van der Waals surface area (Å²) in [5, 5.41) is 3.44. The molecule has 8 heteroatoms. The van der Waals surface area contributed by atoms with Gasteiger partial charge in [-0.25, -0.2) is 8.42 Å². The number of fused-ring (bicyclic) bond motifs is 1. The van der Waals surface area contributed by atoms with Gasteiger partial charge in [-0.2, -0.15) is 4.31 Å². The Bertz CT molecular complexity index is 1320. The van der Waals surface area contributed by atoms with Crippen molar-refractivity contribution in [2.24, 2.45) is 5.92 Å². The second-order valence-electron chi connectivity index (χ2n) is 8.83. The zero-order valence-corrected chi connectivity index (χ0v) is 19.8. The summed E-state index contributed by atoms with van der Waals surface area (Å²) < 4.78 is 29.1. The van der Waals surface area contributed by atoms with Crippen molar-refractivity contribution in [1.29, 1.82) is 0 Å². The van der Waals surface area contributed by atoms with Gasteiger partial charge in [0.1, 0.15) is 6.54 Å². The number of amides is 1. The van der Waals surface area contributed by atoms with Crippen LogP contribution in [0.15, 0.2) is 64.3 Å². The molecule has 0 atom stereocenters. The third-order valence-corrected chi connectivity index (χ3v) is 8.15. The summed E-state index contributed by atoms with van der Waals surface area (Å²) >= 11 is 0. The molecule has 0 unspecified atom stereocenters. The number of carbonyl (C=O) groups is 1. The maximum atomic E-state index is 13.1. The van der Waals surface area contributed by atoms with Crippen LogP contribution >= 0.6 is 0 Å². The van der Waals surface area contributed by atoms with Crippen molar-refractivity contribution in [2.75, 3.05) is 13.1 Å². The first kappa shape index (κ1) is 23.2. The molecule has 0 spiro atoms. The molecule has 1 amide bonds. The fraction of sp³-hybridized carbons (Fsp3) is 0.360. The van der Waals surface area contributed by atoms with Crippen LogP contribution in [0.5, 0.6) is 0 Å². The number of nitrogens with zero attached hydrogens (tertiary/aromatic N) is 2. The van der Waals surface area contributed by atoms with Gasteiger partial charge >= 0.3 is 0 Å². The van der Waals surface area contributed by atoms with Gasteiger partial charge in [0.2, 0.25) is 15.9 Å². The minimum Gasteiger partial charge on any atom is -0.350 e. The fourth-order valence-corrected chi connectivity index (χ4v) is 5.59. The van der Waals surface area contributed by atoms with Crippen LogP contribution in [0, 0.1) is 12.8 Å². The molecule has 1 aromatic heterocycles. The van der Waals surface area contributed by atoms with Crippen LogP contribution in [0.25, 0.3) is 10.9 Å². The summed E-state index contributed by atoms with van der Waals surface area (Å²) in [6, 6.07) is 15.6. The summed E-state index contributed by atoms with van der Waals surface area (Å²) in [5.74, 6) is 0.240. The van der Waals surface area contributed by atoms with Crippen molar-refractivity contribution in [3.8, 4) is 0 Å². The maximum Gasteiger partial charge on any atom is 0.251 e. The van der Waals surface area contributed by atoms with Gasteiger partial charge in [-0.3, -0.25) is 14.2 Å². The van der Waals surface area contributed by atoms with Crippen LogP contribution in [-0.4, -0.2) is 36.3 Å². The highest BCUT2D eigenvalue weighted by Crippen LogP contribution is 2.25.